The Bertz CT molecular complexity index is 947. The van der Waals surface area contributed by atoms with Gasteiger partial charge in [0.25, 0.3) is 0 Å². The zero-order chi connectivity index (χ0) is 24.6. The van der Waals surface area contributed by atoms with Gasteiger partial charge < -0.3 is 15.4 Å². The van der Waals surface area contributed by atoms with Gasteiger partial charge in [-0.05, 0) is 55.7 Å². The topological polar surface area (TPSA) is 72.0 Å². The van der Waals surface area contributed by atoms with Gasteiger partial charge in [0, 0.05) is 30.0 Å². The predicted molar refractivity (Wildman–Crippen MR) is 129 cm³/mol. The Labute approximate surface area is 199 Å². The molecule has 1 aliphatic carbocycles. The number of ether oxygens (including phenoxy) is 1. The minimum Gasteiger partial charge on any atom is -0.487 e. The normalized spacial score (nSPS) is 18.7. The van der Waals surface area contributed by atoms with Gasteiger partial charge in [-0.1, -0.05) is 26.8 Å². The average molecular weight is 478 g/mol. The van der Waals surface area contributed by atoms with E-state index in [1.54, 1.807) is 12.4 Å². The summed E-state index contributed by atoms with van der Waals surface area (Å²) >= 11 is 0. The van der Waals surface area contributed by atoms with Gasteiger partial charge in [0.15, 0.2) is 0 Å². The van der Waals surface area contributed by atoms with Crippen molar-refractivity contribution in [2.45, 2.75) is 71.5 Å². The maximum absolute atomic E-state index is 12.5. The first-order valence-corrected chi connectivity index (χ1v) is 12.0. The Balaban J connectivity index is 1.80. The quantitative estimate of drug-likeness (QED) is 0.397. The van der Waals surface area contributed by atoms with Crippen molar-refractivity contribution in [2.75, 3.05) is 23.8 Å². The van der Waals surface area contributed by atoms with Gasteiger partial charge in [0.1, 0.15) is 18.2 Å². The Morgan fingerprint density at radius 2 is 2.00 bits per heavy atom. The van der Waals surface area contributed by atoms with Crippen molar-refractivity contribution in [3.63, 3.8) is 0 Å². The average Bonchev–Trinajstić information content (AvgIpc) is 3.21. The Kier molecular flexibility index (Phi) is 9.12. The summed E-state index contributed by atoms with van der Waals surface area (Å²) in [6, 6.07) is 4.11. The fourth-order valence-electron chi connectivity index (χ4n) is 4.02. The molecule has 0 spiro atoms. The van der Waals surface area contributed by atoms with E-state index in [9.17, 15) is 13.2 Å². The van der Waals surface area contributed by atoms with Crippen LogP contribution in [0.4, 0.5) is 24.9 Å². The van der Waals surface area contributed by atoms with Crippen molar-refractivity contribution in [3.8, 4) is 5.75 Å². The van der Waals surface area contributed by atoms with Crippen LogP contribution in [-0.2, 0) is 6.42 Å². The number of allylic oxidation sites excluding steroid dienone is 1. The summed E-state index contributed by atoms with van der Waals surface area (Å²) in [7, 11) is 0. The maximum atomic E-state index is 12.5. The van der Waals surface area contributed by atoms with Crippen LogP contribution in [-0.4, -0.2) is 40.3 Å². The highest BCUT2D eigenvalue weighted by Crippen LogP contribution is 2.31. The number of pyridine rings is 1. The van der Waals surface area contributed by atoms with Crippen LogP contribution in [0.15, 0.2) is 30.6 Å². The molecule has 3 rings (SSSR count). The van der Waals surface area contributed by atoms with Crippen molar-refractivity contribution in [3.05, 3.63) is 41.9 Å². The smallest absolute Gasteiger partial charge is 0.390 e. The summed E-state index contributed by atoms with van der Waals surface area (Å²) in [5.74, 6) is 2.09. The third-order valence-electron chi connectivity index (χ3n) is 5.87. The zero-order valence-corrected chi connectivity index (χ0v) is 20.1. The van der Waals surface area contributed by atoms with E-state index in [4.69, 9.17) is 4.74 Å². The van der Waals surface area contributed by atoms with E-state index in [1.807, 2.05) is 26.0 Å². The lowest BCUT2D eigenvalue weighted by atomic mass is 10.1. The Morgan fingerprint density at radius 3 is 2.62 bits per heavy atom. The summed E-state index contributed by atoms with van der Waals surface area (Å²) in [6.07, 6.45) is 5.10. The van der Waals surface area contributed by atoms with E-state index < -0.39 is 12.6 Å². The van der Waals surface area contributed by atoms with E-state index in [0.717, 1.165) is 48.9 Å². The standard InChI is InChI=1S/C25H34F3N5O/c1-4-6-18(16-34-21-10-9-19(5-2)30-14-21)22-15-31-24(29-12-11-25(26,27)28)33-23(22)32-20-8-7-17(3)13-20/h6,9-10,14-15,17,20H,4-5,7-8,11-13,16H2,1-3H3,(H2,29,31,32,33)/b18-6+. The van der Waals surface area contributed by atoms with Crippen molar-refractivity contribution >= 4 is 17.3 Å². The number of rotatable bonds is 11. The number of nitrogens with one attached hydrogen (secondary N) is 2. The molecule has 1 fully saturated rings. The molecular formula is C25H34F3N5O. The number of halogens is 3. The highest BCUT2D eigenvalue weighted by Gasteiger charge is 2.27. The molecule has 0 radical (unpaired) electrons. The van der Waals surface area contributed by atoms with Crippen LogP contribution in [0, 0.1) is 5.92 Å². The van der Waals surface area contributed by atoms with Gasteiger partial charge in [0.2, 0.25) is 5.95 Å². The van der Waals surface area contributed by atoms with E-state index in [0.29, 0.717) is 24.1 Å². The maximum Gasteiger partial charge on any atom is 0.390 e. The number of hydrogen-bond acceptors (Lipinski definition) is 6. The third-order valence-corrected chi connectivity index (χ3v) is 5.87. The molecule has 6 nitrogen and oxygen atoms in total. The number of nitrogens with zero attached hydrogens (tertiary/aromatic N) is 3. The van der Waals surface area contributed by atoms with Crippen molar-refractivity contribution < 1.29 is 17.9 Å². The van der Waals surface area contributed by atoms with E-state index in [2.05, 4.69) is 38.6 Å². The largest absolute Gasteiger partial charge is 0.487 e. The van der Waals surface area contributed by atoms with Gasteiger partial charge in [0.05, 0.1) is 12.6 Å². The van der Waals surface area contributed by atoms with Gasteiger partial charge in [-0.3, -0.25) is 4.98 Å². The fraction of sp³-hybridized carbons (Fsp3) is 0.560. The first-order chi connectivity index (χ1) is 16.3. The lowest BCUT2D eigenvalue weighted by molar-refractivity contribution is -0.131. The molecular weight excluding hydrogens is 443 g/mol. The van der Waals surface area contributed by atoms with Crippen LogP contribution in [0.2, 0.25) is 0 Å². The molecule has 2 aromatic heterocycles. The van der Waals surface area contributed by atoms with Crippen LogP contribution < -0.4 is 15.4 Å². The van der Waals surface area contributed by atoms with Crippen LogP contribution in [0.25, 0.3) is 5.57 Å². The van der Waals surface area contributed by atoms with Crippen LogP contribution in [0.3, 0.4) is 0 Å². The van der Waals surface area contributed by atoms with Gasteiger partial charge in [-0.25, -0.2) is 4.98 Å². The van der Waals surface area contributed by atoms with E-state index in [1.165, 1.54) is 0 Å². The summed E-state index contributed by atoms with van der Waals surface area (Å²) in [4.78, 5) is 13.2. The van der Waals surface area contributed by atoms with Crippen LogP contribution in [0.5, 0.6) is 5.75 Å². The molecule has 2 unspecified atom stereocenters. The second kappa shape index (κ2) is 12.0. The Morgan fingerprint density at radius 1 is 1.18 bits per heavy atom. The lowest BCUT2D eigenvalue weighted by Crippen LogP contribution is -2.20. The molecule has 2 heterocycles. The van der Waals surface area contributed by atoms with Crippen LogP contribution >= 0.6 is 0 Å². The number of anilines is 2. The molecule has 34 heavy (non-hydrogen) atoms. The second-order valence-corrected chi connectivity index (χ2v) is 8.77. The van der Waals surface area contributed by atoms with Gasteiger partial charge in [-0.15, -0.1) is 0 Å². The van der Waals surface area contributed by atoms with Crippen LogP contribution in [0.1, 0.15) is 64.1 Å². The first kappa shape index (κ1) is 25.8. The number of aromatic nitrogens is 3. The third kappa shape index (κ3) is 7.88. The molecule has 2 aromatic rings. The summed E-state index contributed by atoms with van der Waals surface area (Å²) in [5, 5.41) is 6.22. The molecule has 0 saturated heterocycles. The zero-order valence-electron chi connectivity index (χ0n) is 20.1. The monoisotopic (exact) mass is 477 g/mol. The van der Waals surface area contributed by atoms with E-state index >= 15 is 0 Å². The second-order valence-electron chi connectivity index (χ2n) is 8.77. The number of alkyl halides is 3. The van der Waals surface area contributed by atoms with Crippen molar-refractivity contribution in [2.24, 2.45) is 5.92 Å². The molecule has 0 aromatic carbocycles. The molecule has 0 amide bonds. The minimum atomic E-state index is -4.23. The molecule has 0 aliphatic heterocycles. The summed E-state index contributed by atoms with van der Waals surface area (Å²) < 4.78 is 43.6. The van der Waals surface area contributed by atoms with E-state index in [-0.39, 0.29) is 18.5 Å². The molecule has 2 N–H and O–H groups in total. The summed E-state index contributed by atoms with van der Waals surface area (Å²) in [6.45, 7) is 6.34. The summed E-state index contributed by atoms with van der Waals surface area (Å²) in [5.41, 5.74) is 2.70. The fourth-order valence-corrected chi connectivity index (χ4v) is 4.02. The Hall–Kier alpha value is -2.84. The highest BCUT2D eigenvalue weighted by molar-refractivity contribution is 5.75. The molecule has 1 aliphatic rings. The van der Waals surface area contributed by atoms with Gasteiger partial charge >= 0.3 is 6.18 Å². The first-order valence-electron chi connectivity index (χ1n) is 12.0. The lowest BCUT2D eigenvalue weighted by Gasteiger charge is -2.19. The SMILES string of the molecule is CC/C=C(\COc1ccc(CC)nc1)c1cnc(NCCC(F)(F)F)nc1NC1CCC(C)C1. The van der Waals surface area contributed by atoms with Crippen molar-refractivity contribution in [1.82, 2.24) is 15.0 Å². The number of aryl methyl sites for hydroxylation is 1. The molecule has 186 valence electrons. The molecule has 1 saturated carbocycles. The number of hydrogen-bond donors (Lipinski definition) is 2. The molecule has 0 bridgehead atoms. The predicted octanol–water partition coefficient (Wildman–Crippen LogP) is 6.27. The van der Waals surface area contributed by atoms with Gasteiger partial charge in [-0.2, -0.15) is 18.2 Å². The van der Waals surface area contributed by atoms with Crippen molar-refractivity contribution in [1.29, 1.82) is 0 Å². The molecule has 9 heteroatoms. The highest BCUT2D eigenvalue weighted by atomic mass is 19.4. The molecule has 2 atom stereocenters. The minimum absolute atomic E-state index is 0.178.